The summed E-state index contributed by atoms with van der Waals surface area (Å²) in [6.45, 7) is 8.62. The predicted octanol–water partition coefficient (Wildman–Crippen LogP) is 19.9. The topological polar surface area (TPSA) is 0 Å². The fraction of sp³-hybridized carbons (Fsp3) is 0.0571. The first kappa shape index (κ1) is 44.0. The molecule has 0 aliphatic heterocycles. The molecule has 0 saturated carbocycles. The third-order valence-corrected chi connectivity index (χ3v) is 13.7. The van der Waals surface area contributed by atoms with Crippen LogP contribution < -0.4 is 0 Å². The maximum Gasteiger partial charge on any atom is -0.00926 e. The summed E-state index contributed by atoms with van der Waals surface area (Å²) in [7, 11) is 0. The Kier molecular flexibility index (Phi) is 12.1. The van der Waals surface area contributed by atoms with Crippen LogP contribution in [-0.2, 0) is 0 Å². The summed E-state index contributed by atoms with van der Waals surface area (Å²) in [5.74, 6) is 0. The van der Waals surface area contributed by atoms with Crippen molar-refractivity contribution in [1.29, 1.82) is 0 Å². The summed E-state index contributed by atoms with van der Waals surface area (Å²) >= 11 is 0. The molecule has 0 N–H and O–H groups in total. The Labute approximate surface area is 411 Å². The Hall–Kier alpha value is -8.58. The molecule has 70 heavy (non-hydrogen) atoms. The molecule has 0 amide bonds. The summed E-state index contributed by atoms with van der Waals surface area (Å²) in [4.78, 5) is 0. The van der Waals surface area contributed by atoms with E-state index in [9.17, 15) is 0 Å². The first-order chi connectivity index (χ1) is 34.3. The van der Waals surface area contributed by atoms with Crippen molar-refractivity contribution in [2.45, 2.75) is 27.7 Å². The molecule has 0 saturated heterocycles. The first-order valence-electron chi connectivity index (χ1n) is 24.4. The molecule has 0 aliphatic carbocycles. The highest BCUT2D eigenvalue weighted by atomic mass is 14.2. The van der Waals surface area contributed by atoms with Crippen LogP contribution in [0.5, 0.6) is 0 Å². The van der Waals surface area contributed by atoms with Gasteiger partial charge in [-0.3, -0.25) is 0 Å². The molecule has 13 rings (SSSR count). The third-order valence-electron chi connectivity index (χ3n) is 13.7. The smallest absolute Gasteiger partial charge is 0.00926 e. The van der Waals surface area contributed by atoms with Crippen molar-refractivity contribution in [2.24, 2.45) is 0 Å². The van der Waals surface area contributed by atoms with E-state index in [1.807, 2.05) is 36.4 Å². The van der Waals surface area contributed by atoms with Gasteiger partial charge in [0.1, 0.15) is 0 Å². The third kappa shape index (κ3) is 8.84. The highest BCUT2D eigenvalue weighted by Crippen LogP contribution is 2.41. The lowest BCUT2D eigenvalue weighted by atomic mass is 9.90. The van der Waals surface area contributed by atoms with Crippen LogP contribution in [-0.4, -0.2) is 0 Å². The molecule has 0 bridgehead atoms. The quantitative estimate of drug-likeness (QED) is 0.154. The van der Waals surface area contributed by atoms with Gasteiger partial charge in [0.05, 0.1) is 0 Å². The van der Waals surface area contributed by atoms with E-state index in [0.29, 0.717) is 0 Å². The Morgan fingerprint density at radius 1 is 0.143 bits per heavy atom. The largest absolute Gasteiger partial charge is 0.0623 e. The standard InChI is InChI=1S/2C32H24.C6H6/c2*1-21-7-5-9-23(17-21)25-13-15-29-27-11-3-4-12-28(27)30-16-14-26(20-32(30)31(29)19-25)24-10-6-8-22(2)18-24;1-2-4-6-5-3-1/h2*3-20H,1-2H3;1-6H. The van der Waals surface area contributed by atoms with E-state index < -0.39 is 0 Å². The van der Waals surface area contributed by atoms with Crippen LogP contribution in [0.1, 0.15) is 22.3 Å². The molecular formula is C70H54. The van der Waals surface area contributed by atoms with Crippen LogP contribution in [0.15, 0.2) is 255 Å². The van der Waals surface area contributed by atoms with E-state index in [-0.39, 0.29) is 0 Å². The fourth-order valence-electron chi connectivity index (χ4n) is 10.3. The van der Waals surface area contributed by atoms with Gasteiger partial charge in [-0.25, -0.2) is 0 Å². The molecule has 0 aliphatic rings. The number of hydrogen-bond donors (Lipinski definition) is 0. The van der Waals surface area contributed by atoms with Crippen molar-refractivity contribution >= 4 is 64.6 Å². The van der Waals surface area contributed by atoms with E-state index in [2.05, 4.69) is 246 Å². The Balaban J connectivity index is 0.000000136. The number of aryl methyl sites for hydroxylation is 4. The molecule has 0 unspecified atom stereocenters. The molecule has 13 aromatic rings. The van der Waals surface area contributed by atoms with Gasteiger partial charge in [-0.2, -0.15) is 0 Å². The summed E-state index contributed by atoms with van der Waals surface area (Å²) in [5, 5.41) is 15.7. The highest BCUT2D eigenvalue weighted by molar-refractivity contribution is 6.27. The minimum Gasteiger partial charge on any atom is -0.0623 e. The number of rotatable bonds is 4. The van der Waals surface area contributed by atoms with E-state index in [0.717, 1.165) is 0 Å². The second-order valence-electron chi connectivity index (χ2n) is 18.8. The van der Waals surface area contributed by atoms with Crippen molar-refractivity contribution in [1.82, 2.24) is 0 Å². The van der Waals surface area contributed by atoms with Crippen LogP contribution >= 0.6 is 0 Å². The van der Waals surface area contributed by atoms with E-state index in [1.165, 1.54) is 131 Å². The molecule has 0 nitrogen and oxygen atoms in total. The average Bonchev–Trinajstić information content (AvgIpc) is 3.41. The average molecular weight is 895 g/mol. The first-order valence-corrected chi connectivity index (χ1v) is 24.4. The van der Waals surface area contributed by atoms with Crippen molar-refractivity contribution < 1.29 is 0 Å². The van der Waals surface area contributed by atoms with Gasteiger partial charge in [0.15, 0.2) is 0 Å². The van der Waals surface area contributed by atoms with Crippen LogP contribution in [0.4, 0.5) is 0 Å². The lowest BCUT2D eigenvalue weighted by Gasteiger charge is -2.14. The maximum absolute atomic E-state index is 2.37. The zero-order chi connectivity index (χ0) is 47.6. The van der Waals surface area contributed by atoms with Crippen molar-refractivity contribution in [3.63, 3.8) is 0 Å². The van der Waals surface area contributed by atoms with E-state index in [4.69, 9.17) is 0 Å². The monoisotopic (exact) mass is 894 g/mol. The fourth-order valence-corrected chi connectivity index (χ4v) is 10.3. The van der Waals surface area contributed by atoms with Gasteiger partial charge in [-0.15, -0.1) is 0 Å². The molecule has 0 fully saturated rings. The molecule has 0 heterocycles. The molecule has 0 aromatic heterocycles. The molecule has 0 heteroatoms. The second-order valence-corrected chi connectivity index (χ2v) is 18.8. The van der Waals surface area contributed by atoms with Crippen LogP contribution in [0, 0.1) is 27.7 Å². The summed E-state index contributed by atoms with van der Waals surface area (Å²) in [6, 6.07) is 92.4. The number of hydrogen-bond acceptors (Lipinski definition) is 0. The Morgan fingerprint density at radius 3 is 0.557 bits per heavy atom. The van der Waals surface area contributed by atoms with Gasteiger partial charge in [0.2, 0.25) is 0 Å². The predicted molar refractivity (Wildman–Crippen MR) is 305 cm³/mol. The SMILES string of the molecule is Cc1cccc(-c2ccc3c4ccccc4c4ccc(-c5cccc(C)c5)cc4c3c2)c1.Cc1cccc(-c2ccc3c4ccccc4c4ccc(-c5cccc(C)c5)cc4c3c2)c1.c1ccccc1. The molecule has 0 spiro atoms. The van der Waals surface area contributed by atoms with Gasteiger partial charge >= 0.3 is 0 Å². The van der Waals surface area contributed by atoms with Crippen LogP contribution in [0.3, 0.4) is 0 Å². The van der Waals surface area contributed by atoms with Crippen molar-refractivity contribution in [3.8, 4) is 44.5 Å². The lowest BCUT2D eigenvalue weighted by molar-refractivity contribution is 1.47. The van der Waals surface area contributed by atoms with Crippen molar-refractivity contribution in [3.05, 3.63) is 277 Å². The maximum atomic E-state index is 2.37. The van der Waals surface area contributed by atoms with E-state index >= 15 is 0 Å². The summed E-state index contributed by atoms with van der Waals surface area (Å²) < 4.78 is 0. The van der Waals surface area contributed by atoms with Gasteiger partial charge in [0, 0.05) is 0 Å². The van der Waals surface area contributed by atoms with Gasteiger partial charge in [0.25, 0.3) is 0 Å². The minimum atomic E-state index is 1.26. The summed E-state index contributed by atoms with van der Waals surface area (Å²) in [5.41, 5.74) is 15.3. The van der Waals surface area contributed by atoms with Gasteiger partial charge in [-0.05, 0) is 161 Å². The second kappa shape index (κ2) is 19.2. The normalized spacial score (nSPS) is 11.1. The number of benzene rings is 13. The molecule has 0 atom stereocenters. The van der Waals surface area contributed by atoms with Crippen LogP contribution in [0.25, 0.3) is 109 Å². The zero-order valence-electron chi connectivity index (χ0n) is 40.2. The van der Waals surface area contributed by atoms with Gasteiger partial charge in [-0.1, -0.05) is 253 Å². The molecular weight excluding hydrogens is 841 g/mol. The minimum absolute atomic E-state index is 1.26. The van der Waals surface area contributed by atoms with Crippen LogP contribution in [0.2, 0.25) is 0 Å². The molecule has 334 valence electrons. The molecule has 13 aromatic carbocycles. The lowest BCUT2D eigenvalue weighted by Crippen LogP contribution is -1.87. The Bertz CT molecular complexity index is 3520. The molecule has 0 radical (unpaired) electrons. The van der Waals surface area contributed by atoms with Gasteiger partial charge < -0.3 is 0 Å². The highest BCUT2D eigenvalue weighted by Gasteiger charge is 2.14. The Morgan fingerprint density at radius 2 is 0.343 bits per heavy atom. The van der Waals surface area contributed by atoms with E-state index in [1.54, 1.807) is 0 Å². The number of fused-ring (bicyclic) bond motifs is 12. The zero-order valence-corrected chi connectivity index (χ0v) is 40.2. The summed E-state index contributed by atoms with van der Waals surface area (Å²) in [6.07, 6.45) is 0. The van der Waals surface area contributed by atoms with Crippen molar-refractivity contribution in [2.75, 3.05) is 0 Å².